The van der Waals surface area contributed by atoms with E-state index in [1.807, 2.05) is 0 Å². The maximum absolute atomic E-state index is 12.2. The molecule has 0 atom stereocenters. The van der Waals surface area contributed by atoms with Gasteiger partial charge in [0.2, 0.25) is 0 Å². The predicted octanol–water partition coefficient (Wildman–Crippen LogP) is 0.697. The highest BCUT2D eigenvalue weighted by Gasteiger charge is 2.24. The van der Waals surface area contributed by atoms with Crippen molar-refractivity contribution in [2.24, 2.45) is 19.1 Å². The number of benzene rings is 1. The molecule has 1 aliphatic rings. The second-order valence-electron chi connectivity index (χ2n) is 5.61. The van der Waals surface area contributed by atoms with Gasteiger partial charge in [-0.2, -0.15) is 0 Å². The highest BCUT2D eigenvalue weighted by atomic mass is 32.2. The zero-order chi connectivity index (χ0) is 18.3. The number of aromatic nitrogens is 2. The number of rotatable bonds is 3. The van der Waals surface area contributed by atoms with Gasteiger partial charge in [-0.1, -0.05) is 0 Å². The van der Waals surface area contributed by atoms with Gasteiger partial charge >= 0.3 is 5.69 Å². The van der Waals surface area contributed by atoms with Crippen molar-refractivity contribution in [3.05, 3.63) is 50.2 Å². The van der Waals surface area contributed by atoms with E-state index in [-0.39, 0.29) is 40.6 Å². The number of hydrogen-bond acceptors (Lipinski definition) is 7. The molecule has 8 nitrogen and oxygen atoms in total. The van der Waals surface area contributed by atoms with Gasteiger partial charge < -0.3 is 10.2 Å². The molecule has 1 aromatic heterocycles. The Morgan fingerprint density at radius 3 is 2.60 bits per heavy atom. The summed E-state index contributed by atoms with van der Waals surface area (Å²) in [5.74, 6) is -0.520. The van der Waals surface area contributed by atoms with Gasteiger partial charge in [0.25, 0.3) is 5.56 Å². The molecule has 1 aliphatic heterocycles. The van der Waals surface area contributed by atoms with E-state index in [0.717, 1.165) is 4.57 Å². The molecule has 2 N–H and O–H groups in total. The van der Waals surface area contributed by atoms with Crippen LogP contribution in [-0.2, 0) is 20.5 Å². The van der Waals surface area contributed by atoms with Crippen LogP contribution in [0.2, 0.25) is 0 Å². The van der Waals surface area contributed by atoms with Crippen LogP contribution in [0.15, 0.2) is 32.8 Å². The summed E-state index contributed by atoms with van der Waals surface area (Å²) in [5.41, 5.74) is -0.134. The lowest BCUT2D eigenvalue weighted by Crippen LogP contribution is -2.38. The van der Waals surface area contributed by atoms with Crippen LogP contribution in [0.25, 0.3) is 0 Å². The molecule has 0 spiro atoms. The van der Waals surface area contributed by atoms with Crippen molar-refractivity contribution in [2.45, 2.75) is 6.42 Å². The molecule has 0 amide bonds. The topological polar surface area (TPSA) is 114 Å². The molecule has 130 valence electrons. The van der Waals surface area contributed by atoms with Crippen LogP contribution in [0.3, 0.4) is 0 Å². The molecule has 0 bridgehead atoms. The number of carbonyl (C=O) groups is 1. The van der Waals surface area contributed by atoms with Gasteiger partial charge in [-0.3, -0.25) is 18.7 Å². The normalized spacial score (nSPS) is 12.8. The predicted molar refractivity (Wildman–Crippen MR) is 94.3 cm³/mol. The lowest BCUT2D eigenvalue weighted by atomic mass is 10.1. The first-order valence-electron chi connectivity index (χ1n) is 7.34. The van der Waals surface area contributed by atoms with Crippen LogP contribution in [0.1, 0.15) is 15.9 Å². The molecule has 0 aliphatic carbocycles. The van der Waals surface area contributed by atoms with Gasteiger partial charge in [0.1, 0.15) is 5.82 Å². The Labute approximate surface area is 146 Å². The van der Waals surface area contributed by atoms with Crippen molar-refractivity contribution < 1.29 is 15.0 Å². The number of phenolic OH excluding ortho intramolecular Hbond substituents is 2. The first kappa shape index (κ1) is 17.0. The third-order valence-corrected chi connectivity index (χ3v) is 4.93. The van der Waals surface area contributed by atoms with E-state index in [0.29, 0.717) is 16.4 Å². The maximum atomic E-state index is 12.2. The molecule has 0 radical (unpaired) electrons. The number of aliphatic imine (C=N–C) groups is 1. The maximum Gasteiger partial charge on any atom is 0.332 e. The number of nitrogens with zero attached hydrogens (tertiary/aromatic N) is 3. The van der Waals surface area contributed by atoms with Crippen molar-refractivity contribution in [3.63, 3.8) is 0 Å². The van der Waals surface area contributed by atoms with E-state index in [4.69, 9.17) is 0 Å². The average molecular weight is 361 g/mol. The molecule has 1 aromatic carbocycles. The van der Waals surface area contributed by atoms with Crippen LogP contribution < -0.4 is 11.2 Å². The molecule has 0 saturated carbocycles. The molecular weight excluding hydrogens is 346 g/mol. The lowest BCUT2D eigenvalue weighted by molar-refractivity contribution is 0.102. The number of hydrogen-bond donors (Lipinski definition) is 2. The summed E-state index contributed by atoms with van der Waals surface area (Å²) in [6.07, 6.45) is 0.273. The summed E-state index contributed by atoms with van der Waals surface area (Å²) in [7, 11) is 2.96. The number of Topliss-reactive ketones (excluding diaryl/α,β-unsaturated/α-hetero) is 1. The third kappa shape index (κ3) is 2.98. The highest BCUT2D eigenvalue weighted by Crippen LogP contribution is 2.28. The second-order valence-corrected chi connectivity index (χ2v) is 6.65. The number of phenols is 2. The number of thioether (sulfide) groups is 1. The largest absolute Gasteiger partial charge is 0.504 e. The molecule has 2 aromatic rings. The second kappa shape index (κ2) is 6.25. The average Bonchev–Trinajstić information content (AvgIpc) is 3.03. The third-order valence-electron chi connectivity index (χ3n) is 3.95. The molecule has 0 saturated heterocycles. The fourth-order valence-electron chi connectivity index (χ4n) is 2.52. The van der Waals surface area contributed by atoms with E-state index in [9.17, 15) is 24.6 Å². The fraction of sp³-hybridized carbons (Fsp3) is 0.250. The molecule has 0 fully saturated rings. The summed E-state index contributed by atoms with van der Waals surface area (Å²) in [6, 6.07) is 3.86. The van der Waals surface area contributed by atoms with Gasteiger partial charge in [0.15, 0.2) is 17.3 Å². The van der Waals surface area contributed by atoms with E-state index in [1.165, 1.54) is 41.6 Å². The van der Waals surface area contributed by atoms with E-state index < -0.39 is 5.69 Å². The lowest BCUT2D eigenvalue weighted by Gasteiger charge is -2.05. The van der Waals surface area contributed by atoms with E-state index in [2.05, 4.69) is 4.99 Å². The zero-order valence-corrected chi connectivity index (χ0v) is 14.3. The minimum absolute atomic E-state index is 0.0608. The zero-order valence-electron chi connectivity index (χ0n) is 13.5. The van der Waals surface area contributed by atoms with Crippen LogP contribution in [0, 0.1) is 0 Å². The van der Waals surface area contributed by atoms with E-state index in [1.54, 1.807) is 7.05 Å². The van der Waals surface area contributed by atoms with Gasteiger partial charge in [-0.25, -0.2) is 9.79 Å². The Kier molecular flexibility index (Phi) is 4.25. The number of carbonyl (C=O) groups excluding carboxylic acids is 1. The number of ketones is 1. The molecule has 0 unspecified atom stereocenters. The Morgan fingerprint density at radius 1 is 1.20 bits per heavy atom. The smallest absolute Gasteiger partial charge is 0.332 e. The highest BCUT2D eigenvalue weighted by molar-refractivity contribution is 8.14. The van der Waals surface area contributed by atoms with Crippen LogP contribution in [0.4, 0.5) is 5.82 Å². The summed E-state index contributed by atoms with van der Waals surface area (Å²) in [6.45, 7) is 0. The van der Waals surface area contributed by atoms with Gasteiger partial charge in [0.05, 0.1) is 16.4 Å². The van der Waals surface area contributed by atoms with Gasteiger partial charge in [-0.15, -0.1) is 11.8 Å². The Morgan fingerprint density at radius 2 is 1.92 bits per heavy atom. The van der Waals surface area contributed by atoms with Gasteiger partial charge in [-0.05, 0) is 18.2 Å². The minimum atomic E-state index is -0.450. The number of aromatic hydroxyl groups is 2. The quantitative estimate of drug-likeness (QED) is 0.614. The first-order chi connectivity index (χ1) is 11.8. The molecule has 9 heteroatoms. The van der Waals surface area contributed by atoms with Crippen molar-refractivity contribution in [1.82, 2.24) is 9.13 Å². The van der Waals surface area contributed by atoms with Crippen molar-refractivity contribution in [1.29, 1.82) is 0 Å². The number of fused-ring (bicyclic) bond motifs is 1. The van der Waals surface area contributed by atoms with Crippen molar-refractivity contribution in [2.75, 3.05) is 5.75 Å². The Bertz CT molecular complexity index is 1040. The van der Waals surface area contributed by atoms with Crippen molar-refractivity contribution >= 4 is 28.4 Å². The summed E-state index contributed by atoms with van der Waals surface area (Å²) < 4.78 is 2.34. The molecule has 3 rings (SSSR count). The summed E-state index contributed by atoms with van der Waals surface area (Å²) in [4.78, 5) is 40.6. The monoisotopic (exact) mass is 361 g/mol. The fourth-order valence-corrected chi connectivity index (χ4v) is 3.38. The Hall–Kier alpha value is -2.81. The summed E-state index contributed by atoms with van der Waals surface area (Å²) in [5, 5.41) is 19.3. The van der Waals surface area contributed by atoms with Crippen LogP contribution >= 0.6 is 11.8 Å². The van der Waals surface area contributed by atoms with Crippen LogP contribution in [-0.4, -0.2) is 35.9 Å². The SMILES string of the molecule is Cn1c2c(c(=O)n(C)c1=O)CC(SCC(=O)c1ccc(O)c(O)c1)=N2. The van der Waals surface area contributed by atoms with Crippen LogP contribution in [0.5, 0.6) is 11.5 Å². The van der Waals surface area contributed by atoms with Crippen molar-refractivity contribution in [3.8, 4) is 11.5 Å². The van der Waals surface area contributed by atoms with Gasteiger partial charge in [0, 0.05) is 26.1 Å². The minimum Gasteiger partial charge on any atom is -0.504 e. The summed E-state index contributed by atoms with van der Waals surface area (Å²) >= 11 is 1.18. The van der Waals surface area contributed by atoms with E-state index >= 15 is 0 Å². The first-order valence-corrected chi connectivity index (χ1v) is 8.32. The molecular formula is C16H15N3O5S. The molecule has 25 heavy (non-hydrogen) atoms. The standard InChI is InChI=1S/C16H15N3O5S/c1-18-14-9(15(23)19(2)16(18)24)6-13(17-14)25-7-12(22)8-3-4-10(20)11(21)5-8/h3-5,20-21H,6-7H2,1-2H3. The Balaban J connectivity index is 1.77. The molecule has 2 heterocycles.